The predicted molar refractivity (Wildman–Crippen MR) is 72.2 cm³/mol. The highest BCUT2D eigenvalue weighted by atomic mass is 16.4. The number of hydrogen-bond acceptors (Lipinski definition) is 5. The third-order valence-electron chi connectivity index (χ3n) is 3.47. The van der Waals surface area contributed by atoms with Crippen LogP contribution < -0.4 is 5.32 Å². The van der Waals surface area contributed by atoms with E-state index in [1.807, 2.05) is 6.07 Å². The third-order valence-corrected chi connectivity index (χ3v) is 3.47. The number of nitrogens with zero attached hydrogens (tertiary/aromatic N) is 3. The van der Waals surface area contributed by atoms with Crippen LogP contribution in [0.1, 0.15) is 31.9 Å². The Hall–Kier alpha value is -1.69. The lowest BCUT2D eigenvalue weighted by Gasteiger charge is -2.21. The van der Waals surface area contributed by atoms with Gasteiger partial charge in [0.1, 0.15) is 11.4 Å². The van der Waals surface area contributed by atoms with Gasteiger partial charge >= 0.3 is 5.97 Å². The first-order chi connectivity index (χ1) is 8.88. The van der Waals surface area contributed by atoms with Crippen LogP contribution in [0.2, 0.25) is 0 Å². The molecule has 0 radical (unpaired) electrons. The smallest absolute Gasteiger partial charge is 0.328 e. The Morgan fingerprint density at radius 3 is 2.68 bits per heavy atom. The van der Waals surface area contributed by atoms with Gasteiger partial charge in [0.2, 0.25) is 0 Å². The number of carbonyl (C=O) groups is 1. The van der Waals surface area contributed by atoms with E-state index in [4.69, 9.17) is 5.11 Å². The molecule has 0 saturated carbocycles. The van der Waals surface area contributed by atoms with Gasteiger partial charge in [0.05, 0.1) is 5.69 Å². The van der Waals surface area contributed by atoms with Crippen molar-refractivity contribution in [3.05, 3.63) is 17.8 Å². The van der Waals surface area contributed by atoms with E-state index in [1.54, 1.807) is 19.9 Å². The summed E-state index contributed by atoms with van der Waals surface area (Å²) in [5, 5.41) is 20.2. The zero-order chi connectivity index (χ0) is 14.0. The summed E-state index contributed by atoms with van der Waals surface area (Å²) in [4.78, 5) is 13.3. The van der Waals surface area contributed by atoms with E-state index in [0.29, 0.717) is 11.7 Å². The number of rotatable bonds is 4. The number of nitrogens with one attached hydrogen (secondary N) is 1. The molecule has 104 valence electrons. The van der Waals surface area contributed by atoms with Crippen molar-refractivity contribution in [2.75, 3.05) is 25.5 Å². The standard InChI is InChI=1S/C13H20N4O2/c1-13(2,12(18)19)14-11-5-4-10(15-16-11)9-6-7-17(3)8-9/h4-5,9H,6-8H2,1-3H3,(H,14,16)(H,18,19). The highest BCUT2D eigenvalue weighted by molar-refractivity contribution is 5.81. The molecule has 0 spiro atoms. The van der Waals surface area contributed by atoms with Gasteiger partial charge in [-0.2, -0.15) is 5.10 Å². The summed E-state index contributed by atoms with van der Waals surface area (Å²) in [5.41, 5.74) is -0.0768. The minimum absolute atomic E-state index is 0.430. The minimum Gasteiger partial charge on any atom is -0.480 e. The molecule has 0 bridgehead atoms. The van der Waals surface area contributed by atoms with Crippen LogP contribution in [0.3, 0.4) is 0 Å². The van der Waals surface area contributed by atoms with E-state index in [9.17, 15) is 4.79 Å². The minimum atomic E-state index is -1.05. The second kappa shape index (κ2) is 5.13. The molecule has 0 aromatic carbocycles. The lowest BCUT2D eigenvalue weighted by molar-refractivity contribution is -0.141. The first-order valence-electron chi connectivity index (χ1n) is 6.42. The summed E-state index contributed by atoms with van der Waals surface area (Å²) in [6.45, 7) is 5.27. The van der Waals surface area contributed by atoms with Crippen LogP contribution >= 0.6 is 0 Å². The van der Waals surface area contributed by atoms with Gasteiger partial charge in [-0.15, -0.1) is 5.10 Å². The van der Waals surface area contributed by atoms with Crippen molar-refractivity contribution in [1.82, 2.24) is 15.1 Å². The number of anilines is 1. The van der Waals surface area contributed by atoms with Crippen LogP contribution in [0, 0.1) is 0 Å². The Morgan fingerprint density at radius 2 is 2.21 bits per heavy atom. The zero-order valence-electron chi connectivity index (χ0n) is 11.6. The van der Waals surface area contributed by atoms with Crippen LogP contribution in [0.15, 0.2) is 12.1 Å². The number of likely N-dealkylation sites (N-methyl/N-ethyl adjacent to an activating group) is 1. The van der Waals surface area contributed by atoms with Gasteiger partial charge in [0, 0.05) is 12.5 Å². The molecule has 2 heterocycles. The Labute approximate surface area is 112 Å². The molecule has 2 rings (SSSR count). The van der Waals surface area contributed by atoms with Crippen LogP contribution in [0.4, 0.5) is 5.82 Å². The molecule has 0 aliphatic carbocycles. The van der Waals surface area contributed by atoms with Gasteiger partial charge < -0.3 is 15.3 Å². The number of carboxylic acids is 1. The Morgan fingerprint density at radius 1 is 1.47 bits per heavy atom. The summed E-state index contributed by atoms with van der Waals surface area (Å²) in [6.07, 6.45) is 1.10. The summed E-state index contributed by atoms with van der Waals surface area (Å²) >= 11 is 0. The van der Waals surface area contributed by atoms with Gasteiger partial charge in [-0.1, -0.05) is 0 Å². The Bertz CT molecular complexity index is 458. The molecule has 6 heteroatoms. The topological polar surface area (TPSA) is 78.4 Å². The van der Waals surface area contributed by atoms with Gasteiger partial charge in [-0.05, 0) is 46.0 Å². The predicted octanol–water partition coefficient (Wildman–Crippen LogP) is 1.17. The van der Waals surface area contributed by atoms with Crippen molar-refractivity contribution < 1.29 is 9.90 Å². The summed E-state index contributed by atoms with van der Waals surface area (Å²) in [5.74, 6) is -0.00247. The van der Waals surface area contributed by atoms with Gasteiger partial charge in [-0.25, -0.2) is 4.79 Å². The molecular weight excluding hydrogens is 244 g/mol. The highest BCUT2D eigenvalue weighted by Gasteiger charge is 2.27. The molecule has 0 amide bonds. The van der Waals surface area contributed by atoms with Gasteiger partial charge in [-0.3, -0.25) is 0 Å². The SMILES string of the molecule is CN1CCC(c2ccc(NC(C)(C)C(=O)O)nn2)C1. The van der Waals surface area contributed by atoms with Gasteiger partial charge in [0.25, 0.3) is 0 Å². The largest absolute Gasteiger partial charge is 0.480 e. The van der Waals surface area contributed by atoms with Crippen molar-refractivity contribution in [2.24, 2.45) is 0 Å². The van der Waals surface area contributed by atoms with Crippen molar-refractivity contribution in [2.45, 2.75) is 31.7 Å². The van der Waals surface area contributed by atoms with E-state index in [0.717, 1.165) is 25.2 Å². The van der Waals surface area contributed by atoms with E-state index in [1.165, 1.54) is 0 Å². The van der Waals surface area contributed by atoms with Crippen molar-refractivity contribution in [1.29, 1.82) is 0 Å². The van der Waals surface area contributed by atoms with Crippen molar-refractivity contribution in [3.63, 3.8) is 0 Å². The van der Waals surface area contributed by atoms with Crippen LogP contribution in [-0.2, 0) is 4.79 Å². The lowest BCUT2D eigenvalue weighted by Crippen LogP contribution is -2.40. The molecule has 1 aliphatic heterocycles. The number of aliphatic carboxylic acids is 1. The first kappa shape index (κ1) is 13.7. The summed E-state index contributed by atoms with van der Waals surface area (Å²) < 4.78 is 0. The molecule has 1 fully saturated rings. The molecule has 1 unspecified atom stereocenters. The van der Waals surface area contributed by atoms with E-state index >= 15 is 0 Å². The number of likely N-dealkylation sites (tertiary alicyclic amines) is 1. The molecule has 1 aromatic rings. The number of aromatic nitrogens is 2. The summed E-state index contributed by atoms with van der Waals surface area (Å²) in [6, 6.07) is 3.72. The van der Waals surface area contributed by atoms with E-state index in [2.05, 4.69) is 27.5 Å². The second-order valence-electron chi connectivity index (χ2n) is 5.65. The van der Waals surface area contributed by atoms with Gasteiger partial charge in [0.15, 0.2) is 0 Å². The van der Waals surface area contributed by atoms with Crippen molar-refractivity contribution >= 4 is 11.8 Å². The molecule has 19 heavy (non-hydrogen) atoms. The summed E-state index contributed by atoms with van der Waals surface area (Å²) in [7, 11) is 2.10. The maximum Gasteiger partial charge on any atom is 0.328 e. The molecule has 1 atom stereocenters. The van der Waals surface area contributed by atoms with E-state index in [-0.39, 0.29) is 0 Å². The molecule has 6 nitrogen and oxygen atoms in total. The zero-order valence-corrected chi connectivity index (χ0v) is 11.6. The average molecular weight is 264 g/mol. The van der Waals surface area contributed by atoms with Crippen LogP contribution in [0.25, 0.3) is 0 Å². The molecule has 1 aromatic heterocycles. The highest BCUT2D eigenvalue weighted by Crippen LogP contribution is 2.24. The second-order valence-corrected chi connectivity index (χ2v) is 5.65. The lowest BCUT2D eigenvalue weighted by atomic mass is 10.0. The fourth-order valence-electron chi connectivity index (χ4n) is 2.18. The fraction of sp³-hybridized carbons (Fsp3) is 0.615. The molecule has 1 saturated heterocycles. The first-order valence-corrected chi connectivity index (χ1v) is 6.42. The number of hydrogen-bond donors (Lipinski definition) is 2. The van der Waals surface area contributed by atoms with Crippen LogP contribution in [0.5, 0.6) is 0 Å². The molecular formula is C13H20N4O2. The normalized spacial score (nSPS) is 20.5. The molecule has 2 N–H and O–H groups in total. The Kier molecular flexibility index (Phi) is 3.71. The average Bonchev–Trinajstić information content (AvgIpc) is 2.76. The maximum absolute atomic E-state index is 11.0. The van der Waals surface area contributed by atoms with Crippen molar-refractivity contribution in [3.8, 4) is 0 Å². The third kappa shape index (κ3) is 3.20. The van der Waals surface area contributed by atoms with E-state index < -0.39 is 11.5 Å². The fourth-order valence-corrected chi connectivity index (χ4v) is 2.18. The Balaban J connectivity index is 2.04. The maximum atomic E-state index is 11.0. The van der Waals surface area contributed by atoms with Crippen LogP contribution in [-0.4, -0.2) is 51.8 Å². The monoisotopic (exact) mass is 264 g/mol. The quantitative estimate of drug-likeness (QED) is 0.850. The molecule has 1 aliphatic rings. The number of carboxylic acid groups (broad SMARTS) is 1.